The van der Waals surface area contributed by atoms with E-state index in [4.69, 9.17) is 0 Å². The van der Waals surface area contributed by atoms with E-state index < -0.39 is 0 Å². The zero-order valence-electron chi connectivity index (χ0n) is 9.83. The van der Waals surface area contributed by atoms with E-state index in [1.165, 1.54) is 11.1 Å². The number of hydrogen-bond acceptors (Lipinski definition) is 4. The smallest absolute Gasteiger partial charge is 0.205 e. The van der Waals surface area contributed by atoms with Gasteiger partial charge in [-0.2, -0.15) is 0 Å². The number of hydrogen-bond donors (Lipinski definition) is 1. The molecule has 0 fully saturated rings. The Morgan fingerprint density at radius 1 is 1.35 bits per heavy atom. The third kappa shape index (κ3) is 3.26. The summed E-state index contributed by atoms with van der Waals surface area (Å²) < 4.78 is 1.13. The van der Waals surface area contributed by atoms with Gasteiger partial charge >= 0.3 is 0 Å². The summed E-state index contributed by atoms with van der Waals surface area (Å²) >= 11 is 5.18. The third-order valence-electron chi connectivity index (χ3n) is 2.41. The summed E-state index contributed by atoms with van der Waals surface area (Å²) in [6.45, 7) is 4.93. The monoisotopic (exact) mass is 311 g/mol. The Hall–Kier alpha value is -0.940. The quantitative estimate of drug-likeness (QED) is 0.933. The SMILES string of the molecule is CCc1nnc(NCc2ccc(C)cc2Br)s1. The highest BCUT2D eigenvalue weighted by atomic mass is 79.9. The Balaban J connectivity index is 2.02. The van der Waals surface area contributed by atoms with Crippen LogP contribution in [0.15, 0.2) is 22.7 Å². The molecule has 0 saturated heterocycles. The van der Waals surface area contributed by atoms with Crippen LogP contribution in [0.25, 0.3) is 0 Å². The van der Waals surface area contributed by atoms with Crippen molar-refractivity contribution in [3.05, 3.63) is 38.8 Å². The second kappa shape index (κ2) is 5.60. The number of nitrogens with one attached hydrogen (secondary N) is 1. The summed E-state index contributed by atoms with van der Waals surface area (Å²) in [5, 5.41) is 13.4. The lowest BCUT2D eigenvalue weighted by atomic mass is 10.1. The Labute approximate surface area is 113 Å². The van der Waals surface area contributed by atoms with Crippen molar-refractivity contribution in [2.75, 3.05) is 5.32 Å². The molecule has 3 nitrogen and oxygen atoms in total. The van der Waals surface area contributed by atoms with E-state index in [1.807, 2.05) is 0 Å². The van der Waals surface area contributed by atoms with Crippen molar-refractivity contribution >= 4 is 32.4 Å². The second-order valence-electron chi connectivity index (χ2n) is 3.80. The zero-order chi connectivity index (χ0) is 12.3. The van der Waals surface area contributed by atoms with Crippen LogP contribution >= 0.6 is 27.3 Å². The molecule has 1 heterocycles. The lowest BCUT2D eigenvalue weighted by molar-refractivity contribution is 0.974. The Morgan fingerprint density at radius 3 is 2.82 bits per heavy atom. The van der Waals surface area contributed by atoms with Crippen LogP contribution in [-0.2, 0) is 13.0 Å². The second-order valence-corrected chi connectivity index (χ2v) is 5.72. The van der Waals surface area contributed by atoms with E-state index in [-0.39, 0.29) is 0 Å². The van der Waals surface area contributed by atoms with Crippen molar-refractivity contribution in [2.24, 2.45) is 0 Å². The highest BCUT2D eigenvalue weighted by molar-refractivity contribution is 9.10. The fourth-order valence-electron chi connectivity index (χ4n) is 1.43. The average molecular weight is 312 g/mol. The van der Waals surface area contributed by atoms with Crippen molar-refractivity contribution in [1.29, 1.82) is 0 Å². The number of aromatic nitrogens is 2. The van der Waals surface area contributed by atoms with Gasteiger partial charge in [-0.25, -0.2) is 0 Å². The summed E-state index contributed by atoms with van der Waals surface area (Å²) in [4.78, 5) is 0. The predicted octanol–water partition coefficient (Wildman–Crippen LogP) is 3.78. The molecule has 17 heavy (non-hydrogen) atoms. The van der Waals surface area contributed by atoms with Crippen molar-refractivity contribution in [3.63, 3.8) is 0 Å². The molecule has 0 radical (unpaired) electrons. The number of halogens is 1. The molecule has 0 unspecified atom stereocenters. The van der Waals surface area contributed by atoms with Crippen LogP contribution in [-0.4, -0.2) is 10.2 Å². The molecule has 0 aliphatic carbocycles. The molecule has 0 saturated carbocycles. The summed E-state index contributed by atoms with van der Waals surface area (Å²) in [7, 11) is 0. The summed E-state index contributed by atoms with van der Waals surface area (Å²) in [5.41, 5.74) is 2.48. The van der Waals surface area contributed by atoms with Gasteiger partial charge in [0.05, 0.1) is 0 Å². The van der Waals surface area contributed by atoms with Gasteiger partial charge in [-0.15, -0.1) is 10.2 Å². The van der Waals surface area contributed by atoms with Gasteiger partial charge < -0.3 is 5.32 Å². The number of aryl methyl sites for hydroxylation is 2. The minimum absolute atomic E-state index is 0.763. The van der Waals surface area contributed by atoms with E-state index in [2.05, 4.69) is 63.5 Å². The molecular formula is C12H14BrN3S. The fraction of sp³-hybridized carbons (Fsp3) is 0.333. The first-order valence-corrected chi connectivity index (χ1v) is 7.11. The van der Waals surface area contributed by atoms with Gasteiger partial charge in [0, 0.05) is 11.0 Å². The highest BCUT2D eigenvalue weighted by Crippen LogP contribution is 2.21. The summed E-state index contributed by atoms with van der Waals surface area (Å²) in [5.74, 6) is 0. The van der Waals surface area contributed by atoms with Gasteiger partial charge in [-0.3, -0.25) is 0 Å². The minimum atomic E-state index is 0.763. The average Bonchev–Trinajstić information content (AvgIpc) is 2.76. The standard InChI is InChI=1S/C12H14BrN3S/c1-3-11-15-16-12(17-11)14-7-9-5-4-8(2)6-10(9)13/h4-6H,3,7H2,1-2H3,(H,14,16). The van der Waals surface area contributed by atoms with Gasteiger partial charge in [-0.1, -0.05) is 46.3 Å². The topological polar surface area (TPSA) is 37.8 Å². The molecule has 2 aromatic rings. The molecule has 0 aliphatic heterocycles. The first-order valence-electron chi connectivity index (χ1n) is 5.50. The molecule has 1 aromatic heterocycles. The lowest BCUT2D eigenvalue weighted by Crippen LogP contribution is -1.99. The molecule has 90 valence electrons. The van der Waals surface area contributed by atoms with E-state index in [1.54, 1.807) is 11.3 Å². The largest absolute Gasteiger partial charge is 0.356 e. The molecule has 0 spiro atoms. The lowest BCUT2D eigenvalue weighted by Gasteiger charge is -2.05. The van der Waals surface area contributed by atoms with Crippen LogP contribution in [0, 0.1) is 6.92 Å². The molecule has 5 heteroatoms. The Morgan fingerprint density at radius 2 is 2.18 bits per heavy atom. The van der Waals surface area contributed by atoms with E-state index in [0.717, 1.165) is 27.6 Å². The summed E-state index contributed by atoms with van der Waals surface area (Å²) in [6, 6.07) is 6.35. The van der Waals surface area contributed by atoms with Gasteiger partial charge in [0.2, 0.25) is 5.13 Å². The first-order chi connectivity index (χ1) is 8.19. The van der Waals surface area contributed by atoms with E-state index >= 15 is 0 Å². The Bertz CT molecular complexity index is 510. The maximum Gasteiger partial charge on any atom is 0.205 e. The van der Waals surface area contributed by atoms with Crippen LogP contribution in [0.2, 0.25) is 0 Å². The highest BCUT2D eigenvalue weighted by Gasteiger charge is 2.03. The van der Waals surface area contributed by atoms with Crippen LogP contribution in [0.1, 0.15) is 23.1 Å². The maximum absolute atomic E-state index is 4.09. The van der Waals surface area contributed by atoms with Crippen LogP contribution < -0.4 is 5.32 Å². The van der Waals surface area contributed by atoms with Crippen LogP contribution in [0.5, 0.6) is 0 Å². The van der Waals surface area contributed by atoms with E-state index in [9.17, 15) is 0 Å². The van der Waals surface area contributed by atoms with Crippen molar-refractivity contribution in [2.45, 2.75) is 26.8 Å². The number of nitrogens with zero attached hydrogens (tertiary/aromatic N) is 2. The molecule has 0 amide bonds. The van der Waals surface area contributed by atoms with Gasteiger partial charge in [0.25, 0.3) is 0 Å². The zero-order valence-corrected chi connectivity index (χ0v) is 12.2. The van der Waals surface area contributed by atoms with Gasteiger partial charge in [0.1, 0.15) is 5.01 Å². The molecule has 0 bridgehead atoms. The van der Waals surface area contributed by atoms with Crippen molar-refractivity contribution in [3.8, 4) is 0 Å². The molecule has 0 atom stereocenters. The molecule has 0 aliphatic rings. The number of rotatable bonds is 4. The van der Waals surface area contributed by atoms with Gasteiger partial charge in [0.15, 0.2) is 0 Å². The maximum atomic E-state index is 4.09. The van der Waals surface area contributed by atoms with Crippen molar-refractivity contribution in [1.82, 2.24) is 10.2 Å². The fourth-order valence-corrected chi connectivity index (χ4v) is 2.74. The normalized spacial score (nSPS) is 10.5. The third-order valence-corrected chi connectivity index (χ3v) is 4.17. The first kappa shape index (κ1) is 12.5. The van der Waals surface area contributed by atoms with Crippen LogP contribution in [0.4, 0.5) is 5.13 Å². The predicted molar refractivity (Wildman–Crippen MR) is 75.5 cm³/mol. The molecule has 1 aromatic carbocycles. The minimum Gasteiger partial charge on any atom is -0.356 e. The number of benzene rings is 1. The van der Waals surface area contributed by atoms with Crippen molar-refractivity contribution < 1.29 is 0 Å². The molecule has 2 rings (SSSR count). The molecule has 1 N–H and O–H groups in total. The Kier molecular flexibility index (Phi) is 4.12. The molecular weight excluding hydrogens is 298 g/mol. The summed E-state index contributed by atoms with van der Waals surface area (Å²) in [6.07, 6.45) is 0.938. The van der Waals surface area contributed by atoms with E-state index in [0.29, 0.717) is 0 Å². The van der Waals surface area contributed by atoms with Gasteiger partial charge in [-0.05, 0) is 30.5 Å². The van der Waals surface area contributed by atoms with Crippen LogP contribution in [0.3, 0.4) is 0 Å². The number of anilines is 1.